The molecule has 0 atom stereocenters. The first-order valence-corrected chi connectivity index (χ1v) is 17.7. The number of benzene rings is 8. The molecule has 1 heterocycles. The van der Waals surface area contributed by atoms with Crippen LogP contribution in [0.4, 0.5) is 17.1 Å². The average molecular weight is 654 g/mol. The van der Waals surface area contributed by atoms with Gasteiger partial charge in [-0.3, -0.25) is 0 Å². The quantitative estimate of drug-likeness (QED) is 0.184. The van der Waals surface area contributed by atoms with Gasteiger partial charge in [-0.05, 0) is 91.7 Å². The van der Waals surface area contributed by atoms with E-state index in [1.165, 1.54) is 55.3 Å². The fraction of sp³-hybridized carbons (Fsp3) is 0.0612. The maximum atomic E-state index is 6.80. The Morgan fingerprint density at radius 1 is 0.451 bits per heavy atom. The lowest BCUT2D eigenvalue weighted by molar-refractivity contribution is 0.660. The molecule has 0 saturated heterocycles. The SMILES string of the molecule is CC1(C)c2ccccc2-c2ccc(N(c3ccc(-c4ccc(-c5ccccc5)cc4)cc3)c3cc4ccccc4c4c3oc3ccccc34)cc21. The Morgan fingerprint density at radius 3 is 1.78 bits per heavy atom. The van der Waals surface area contributed by atoms with Crippen molar-refractivity contribution in [2.75, 3.05) is 4.90 Å². The standard InChI is InChI=1S/C49H35NO/c1-49(2)43-18-10-8-16-40(43)41-29-28-38(31-44(41)49)50(37-26-24-35(25-27-37)34-22-20-33(21-23-34)32-12-4-3-5-13-32)45-30-36-14-6-7-15-39(36)47-42-17-9-11-19-46(42)51-48(45)47/h3-31H,1-2H3. The van der Waals surface area contributed by atoms with Gasteiger partial charge in [-0.2, -0.15) is 0 Å². The number of anilines is 3. The van der Waals surface area contributed by atoms with Crippen molar-refractivity contribution in [3.8, 4) is 33.4 Å². The van der Waals surface area contributed by atoms with Crippen LogP contribution in [0.3, 0.4) is 0 Å². The molecule has 1 aliphatic carbocycles. The number of para-hydroxylation sites is 1. The molecular weight excluding hydrogens is 619 g/mol. The highest BCUT2D eigenvalue weighted by Gasteiger charge is 2.36. The number of fused-ring (bicyclic) bond motifs is 8. The van der Waals surface area contributed by atoms with Crippen LogP contribution in [0.2, 0.25) is 0 Å². The van der Waals surface area contributed by atoms with Gasteiger partial charge in [0.25, 0.3) is 0 Å². The highest BCUT2D eigenvalue weighted by Crippen LogP contribution is 2.52. The van der Waals surface area contributed by atoms with Crippen LogP contribution in [-0.2, 0) is 5.41 Å². The summed E-state index contributed by atoms with van der Waals surface area (Å²) in [5.41, 5.74) is 15.0. The largest absolute Gasteiger partial charge is 0.454 e. The van der Waals surface area contributed by atoms with Crippen LogP contribution in [0, 0.1) is 0 Å². The van der Waals surface area contributed by atoms with Gasteiger partial charge in [-0.1, -0.05) is 153 Å². The molecule has 8 aromatic carbocycles. The predicted molar refractivity (Wildman–Crippen MR) is 214 cm³/mol. The summed E-state index contributed by atoms with van der Waals surface area (Å²) >= 11 is 0. The number of hydrogen-bond acceptors (Lipinski definition) is 2. The molecule has 9 aromatic rings. The van der Waals surface area contributed by atoms with Gasteiger partial charge in [0.2, 0.25) is 0 Å². The van der Waals surface area contributed by atoms with Crippen LogP contribution in [0.15, 0.2) is 180 Å². The molecule has 1 aliphatic rings. The van der Waals surface area contributed by atoms with E-state index in [4.69, 9.17) is 4.42 Å². The summed E-state index contributed by atoms with van der Waals surface area (Å²) in [4.78, 5) is 2.39. The summed E-state index contributed by atoms with van der Waals surface area (Å²) in [6.07, 6.45) is 0. The molecule has 0 N–H and O–H groups in total. The Morgan fingerprint density at radius 2 is 1.02 bits per heavy atom. The molecule has 2 nitrogen and oxygen atoms in total. The highest BCUT2D eigenvalue weighted by atomic mass is 16.3. The van der Waals surface area contributed by atoms with Crippen molar-refractivity contribution in [3.63, 3.8) is 0 Å². The first-order chi connectivity index (χ1) is 25.0. The number of nitrogens with zero attached hydrogens (tertiary/aromatic N) is 1. The molecule has 0 fully saturated rings. The zero-order chi connectivity index (χ0) is 34.1. The van der Waals surface area contributed by atoms with Crippen LogP contribution in [0.1, 0.15) is 25.0 Å². The van der Waals surface area contributed by atoms with Crippen LogP contribution in [0.25, 0.3) is 66.1 Å². The summed E-state index contributed by atoms with van der Waals surface area (Å²) in [5, 5.41) is 4.65. The highest BCUT2D eigenvalue weighted by molar-refractivity contribution is 6.23. The van der Waals surface area contributed by atoms with Crippen molar-refractivity contribution in [1.82, 2.24) is 0 Å². The monoisotopic (exact) mass is 653 g/mol. The minimum absolute atomic E-state index is 0.124. The summed E-state index contributed by atoms with van der Waals surface area (Å²) in [6.45, 7) is 4.69. The minimum Gasteiger partial charge on any atom is -0.454 e. The van der Waals surface area contributed by atoms with Crippen molar-refractivity contribution >= 4 is 49.8 Å². The summed E-state index contributed by atoms with van der Waals surface area (Å²) < 4.78 is 6.80. The fourth-order valence-electron chi connectivity index (χ4n) is 8.27. The molecule has 0 saturated carbocycles. The zero-order valence-corrected chi connectivity index (χ0v) is 28.6. The third-order valence-electron chi connectivity index (χ3n) is 10.9. The molecule has 51 heavy (non-hydrogen) atoms. The molecule has 242 valence electrons. The topological polar surface area (TPSA) is 16.4 Å². The zero-order valence-electron chi connectivity index (χ0n) is 28.6. The molecule has 1 aromatic heterocycles. The fourth-order valence-corrected chi connectivity index (χ4v) is 8.27. The lowest BCUT2D eigenvalue weighted by Crippen LogP contribution is -2.16. The van der Waals surface area contributed by atoms with Gasteiger partial charge in [0, 0.05) is 27.6 Å². The van der Waals surface area contributed by atoms with Crippen LogP contribution >= 0.6 is 0 Å². The first kappa shape index (κ1) is 29.5. The molecule has 0 spiro atoms. The van der Waals surface area contributed by atoms with Gasteiger partial charge in [0.05, 0.1) is 5.69 Å². The maximum Gasteiger partial charge on any atom is 0.160 e. The second-order valence-electron chi connectivity index (χ2n) is 14.1. The van der Waals surface area contributed by atoms with E-state index in [2.05, 4.69) is 195 Å². The second-order valence-corrected chi connectivity index (χ2v) is 14.1. The Bertz CT molecular complexity index is 2750. The number of furan rings is 1. The number of rotatable bonds is 5. The van der Waals surface area contributed by atoms with Gasteiger partial charge in [-0.25, -0.2) is 0 Å². The van der Waals surface area contributed by atoms with E-state index in [9.17, 15) is 0 Å². The van der Waals surface area contributed by atoms with E-state index in [1.54, 1.807) is 0 Å². The Hall–Kier alpha value is -6.38. The van der Waals surface area contributed by atoms with Crippen molar-refractivity contribution in [3.05, 3.63) is 187 Å². The molecule has 0 radical (unpaired) electrons. The van der Waals surface area contributed by atoms with Crippen LogP contribution in [-0.4, -0.2) is 0 Å². The van der Waals surface area contributed by atoms with E-state index >= 15 is 0 Å². The van der Waals surface area contributed by atoms with E-state index in [0.29, 0.717) is 0 Å². The smallest absolute Gasteiger partial charge is 0.160 e. The van der Waals surface area contributed by atoms with E-state index in [0.717, 1.165) is 39.0 Å². The van der Waals surface area contributed by atoms with Crippen molar-refractivity contribution < 1.29 is 4.42 Å². The molecular formula is C49H35NO. The molecule has 0 bridgehead atoms. The van der Waals surface area contributed by atoms with Crippen LogP contribution in [0.5, 0.6) is 0 Å². The van der Waals surface area contributed by atoms with Crippen molar-refractivity contribution in [2.24, 2.45) is 0 Å². The van der Waals surface area contributed by atoms with Crippen molar-refractivity contribution in [2.45, 2.75) is 19.3 Å². The third-order valence-corrected chi connectivity index (χ3v) is 10.9. The van der Waals surface area contributed by atoms with E-state index < -0.39 is 0 Å². The summed E-state index contributed by atoms with van der Waals surface area (Å²) in [5.74, 6) is 0. The minimum atomic E-state index is -0.124. The van der Waals surface area contributed by atoms with Gasteiger partial charge < -0.3 is 9.32 Å². The number of hydrogen-bond donors (Lipinski definition) is 0. The van der Waals surface area contributed by atoms with Gasteiger partial charge in [-0.15, -0.1) is 0 Å². The molecule has 2 heteroatoms. The lowest BCUT2D eigenvalue weighted by Gasteiger charge is -2.28. The average Bonchev–Trinajstić information content (AvgIpc) is 3.69. The maximum absolute atomic E-state index is 6.80. The second kappa shape index (κ2) is 11.3. The lowest BCUT2D eigenvalue weighted by atomic mass is 9.82. The van der Waals surface area contributed by atoms with E-state index in [-0.39, 0.29) is 5.41 Å². The van der Waals surface area contributed by atoms with Gasteiger partial charge in [0.1, 0.15) is 5.58 Å². The van der Waals surface area contributed by atoms with E-state index in [1.807, 2.05) is 0 Å². The Labute approximate surface area is 297 Å². The molecule has 0 aliphatic heterocycles. The van der Waals surface area contributed by atoms with Gasteiger partial charge in [0.15, 0.2) is 5.58 Å². The van der Waals surface area contributed by atoms with Crippen molar-refractivity contribution in [1.29, 1.82) is 0 Å². The molecule has 0 amide bonds. The normalized spacial score (nSPS) is 13.1. The third kappa shape index (κ3) is 4.64. The van der Waals surface area contributed by atoms with Gasteiger partial charge >= 0.3 is 0 Å². The summed E-state index contributed by atoms with van der Waals surface area (Å²) in [6, 6.07) is 63.6. The molecule has 0 unspecified atom stereocenters. The first-order valence-electron chi connectivity index (χ1n) is 17.7. The molecule has 10 rings (SSSR count). The van der Waals surface area contributed by atoms with Crippen LogP contribution < -0.4 is 4.90 Å². The predicted octanol–water partition coefficient (Wildman–Crippen LogP) is 13.8. The Kier molecular flexibility index (Phi) is 6.56. The Balaban J connectivity index is 1.16. The summed E-state index contributed by atoms with van der Waals surface area (Å²) in [7, 11) is 0.